The summed E-state index contributed by atoms with van der Waals surface area (Å²) in [6.45, 7) is 4.01. The van der Waals surface area contributed by atoms with Crippen LogP contribution in [-0.4, -0.2) is 19.9 Å². The number of benzene rings is 1. The van der Waals surface area contributed by atoms with Crippen LogP contribution >= 0.6 is 11.6 Å². The number of nitro groups is 1. The van der Waals surface area contributed by atoms with E-state index >= 15 is 0 Å². The van der Waals surface area contributed by atoms with Crippen LogP contribution in [0.2, 0.25) is 5.02 Å². The lowest BCUT2D eigenvalue weighted by Crippen LogP contribution is -2.07. The molecule has 1 aromatic carbocycles. The molecule has 1 heterocycles. The molecule has 0 saturated heterocycles. The van der Waals surface area contributed by atoms with Crippen LogP contribution in [0.1, 0.15) is 25.2 Å². The number of rotatable bonds is 4. The maximum Gasteiger partial charge on any atom is 0.290 e. The topological polar surface area (TPSA) is 97.6 Å². The average Bonchev–Trinajstić information content (AvgIpc) is 2.81. The van der Waals surface area contributed by atoms with Gasteiger partial charge in [0.25, 0.3) is 5.69 Å². The van der Waals surface area contributed by atoms with E-state index in [1.54, 1.807) is 6.07 Å². The largest absolute Gasteiger partial charge is 0.290 e. The van der Waals surface area contributed by atoms with Crippen LogP contribution in [0.4, 0.5) is 5.69 Å². The molecule has 0 aliphatic heterocycles. The first-order valence-corrected chi connectivity index (χ1v) is 6.60. The second-order valence-corrected chi connectivity index (χ2v) is 5.31. The van der Waals surface area contributed by atoms with Gasteiger partial charge in [-0.15, -0.1) is 5.10 Å². The summed E-state index contributed by atoms with van der Waals surface area (Å²) in [5, 5.41) is 27.8. The van der Waals surface area contributed by atoms with E-state index < -0.39 is 4.92 Å². The van der Waals surface area contributed by atoms with Crippen molar-refractivity contribution in [2.45, 2.75) is 20.3 Å². The van der Waals surface area contributed by atoms with E-state index in [-0.39, 0.29) is 22.3 Å². The second-order valence-electron chi connectivity index (χ2n) is 4.90. The first-order valence-electron chi connectivity index (χ1n) is 6.23. The van der Waals surface area contributed by atoms with Crippen LogP contribution < -0.4 is 0 Å². The van der Waals surface area contributed by atoms with Crippen LogP contribution in [-0.2, 0) is 6.42 Å². The van der Waals surface area contributed by atoms with Gasteiger partial charge in [0.1, 0.15) is 11.1 Å². The SMILES string of the molecule is CC(C)Cc1c(C#N)nnn1-c1ccc(Cl)c([N+](=O)[O-])c1. The quantitative estimate of drug-likeness (QED) is 0.639. The van der Waals surface area contributed by atoms with E-state index in [0.717, 1.165) is 0 Å². The lowest BCUT2D eigenvalue weighted by atomic mass is 10.1. The van der Waals surface area contributed by atoms with Crippen LogP contribution in [0.15, 0.2) is 18.2 Å². The molecule has 21 heavy (non-hydrogen) atoms. The van der Waals surface area contributed by atoms with E-state index in [1.807, 2.05) is 19.9 Å². The summed E-state index contributed by atoms with van der Waals surface area (Å²) in [7, 11) is 0. The van der Waals surface area contributed by atoms with E-state index in [2.05, 4.69) is 10.3 Å². The minimum Gasteiger partial charge on any atom is -0.258 e. The van der Waals surface area contributed by atoms with Crippen molar-refractivity contribution in [3.63, 3.8) is 0 Å². The molecule has 7 nitrogen and oxygen atoms in total. The minimum atomic E-state index is -0.559. The molecule has 0 aliphatic carbocycles. The summed E-state index contributed by atoms with van der Waals surface area (Å²) in [6, 6.07) is 6.35. The Morgan fingerprint density at radius 2 is 2.24 bits per heavy atom. The third kappa shape index (κ3) is 3.01. The molecule has 0 bridgehead atoms. The van der Waals surface area contributed by atoms with Crippen molar-refractivity contribution in [2.24, 2.45) is 5.92 Å². The van der Waals surface area contributed by atoms with Gasteiger partial charge in [-0.25, -0.2) is 4.68 Å². The van der Waals surface area contributed by atoms with Crippen molar-refractivity contribution < 1.29 is 4.92 Å². The van der Waals surface area contributed by atoms with Gasteiger partial charge in [-0.1, -0.05) is 30.7 Å². The maximum absolute atomic E-state index is 11.0. The van der Waals surface area contributed by atoms with Gasteiger partial charge in [-0.3, -0.25) is 10.1 Å². The van der Waals surface area contributed by atoms with E-state index in [1.165, 1.54) is 16.8 Å². The normalized spacial score (nSPS) is 10.6. The van der Waals surface area contributed by atoms with Crippen LogP contribution in [0, 0.1) is 27.4 Å². The summed E-state index contributed by atoms with van der Waals surface area (Å²) < 4.78 is 1.45. The highest BCUT2D eigenvalue weighted by atomic mass is 35.5. The molecule has 2 rings (SSSR count). The lowest BCUT2D eigenvalue weighted by molar-refractivity contribution is -0.384. The summed E-state index contributed by atoms with van der Waals surface area (Å²) in [5.41, 5.74) is 1.10. The van der Waals surface area contributed by atoms with Gasteiger partial charge in [0.15, 0.2) is 5.69 Å². The number of halogens is 1. The van der Waals surface area contributed by atoms with Crippen LogP contribution in [0.3, 0.4) is 0 Å². The molecule has 2 aromatic rings. The van der Waals surface area contributed by atoms with Crippen molar-refractivity contribution in [2.75, 3.05) is 0 Å². The molecule has 8 heteroatoms. The highest BCUT2D eigenvalue weighted by Crippen LogP contribution is 2.27. The Labute approximate surface area is 125 Å². The maximum atomic E-state index is 11.0. The Balaban J connectivity index is 2.57. The molecule has 0 unspecified atom stereocenters. The third-order valence-corrected chi connectivity index (χ3v) is 3.16. The van der Waals surface area contributed by atoms with Gasteiger partial charge in [0, 0.05) is 6.07 Å². The van der Waals surface area contributed by atoms with E-state index in [0.29, 0.717) is 17.8 Å². The molecule has 1 aromatic heterocycles. The molecule has 108 valence electrons. The Bertz CT molecular complexity index is 733. The number of nitriles is 1. The van der Waals surface area contributed by atoms with Crippen LogP contribution in [0.25, 0.3) is 5.69 Å². The standard InChI is InChI=1S/C13H12ClN5O2/c1-8(2)5-13-11(7-15)16-17-18(13)9-3-4-10(14)12(6-9)19(20)21/h3-4,6,8H,5H2,1-2H3. The number of aromatic nitrogens is 3. The number of nitro benzene ring substituents is 1. The zero-order valence-corrected chi connectivity index (χ0v) is 12.2. The predicted molar refractivity (Wildman–Crippen MR) is 76.3 cm³/mol. The fourth-order valence-corrected chi connectivity index (χ4v) is 2.12. The lowest BCUT2D eigenvalue weighted by Gasteiger charge is -2.08. The average molecular weight is 306 g/mol. The van der Waals surface area contributed by atoms with Gasteiger partial charge in [0.05, 0.1) is 16.3 Å². The molecule has 0 amide bonds. The monoisotopic (exact) mass is 305 g/mol. The second kappa shape index (κ2) is 5.89. The molecule has 0 aliphatic rings. The summed E-state index contributed by atoms with van der Waals surface area (Å²) in [4.78, 5) is 10.4. The Morgan fingerprint density at radius 3 is 2.81 bits per heavy atom. The highest BCUT2D eigenvalue weighted by Gasteiger charge is 2.19. The van der Waals surface area contributed by atoms with Crippen molar-refractivity contribution >= 4 is 17.3 Å². The van der Waals surface area contributed by atoms with Crippen molar-refractivity contribution in [1.29, 1.82) is 5.26 Å². The third-order valence-electron chi connectivity index (χ3n) is 2.84. The first kappa shape index (κ1) is 14.9. The van der Waals surface area contributed by atoms with Gasteiger partial charge in [-0.05, 0) is 24.5 Å². The van der Waals surface area contributed by atoms with Gasteiger partial charge in [-0.2, -0.15) is 5.26 Å². The smallest absolute Gasteiger partial charge is 0.258 e. The predicted octanol–water partition coefficient (Wildman–Crippen LogP) is 2.90. The molecule has 0 N–H and O–H groups in total. The van der Waals surface area contributed by atoms with Gasteiger partial charge in [0.2, 0.25) is 0 Å². The minimum absolute atomic E-state index is 0.0507. The zero-order valence-electron chi connectivity index (χ0n) is 11.4. The molecular formula is C13H12ClN5O2. The van der Waals surface area contributed by atoms with Crippen molar-refractivity contribution in [3.8, 4) is 11.8 Å². The number of hydrogen-bond acceptors (Lipinski definition) is 5. The first-order chi connectivity index (χ1) is 9.93. The summed E-state index contributed by atoms with van der Waals surface area (Å²) in [6.07, 6.45) is 0.590. The van der Waals surface area contributed by atoms with Crippen molar-refractivity contribution in [1.82, 2.24) is 15.0 Å². The fourth-order valence-electron chi connectivity index (χ4n) is 1.94. The van der Waals surface area contributed by atoms with E-state index in [9.17, 15) is 10.1 Å². The molecule has 0 spiro atoms. The molecule has 0 atom stereocenters. The molecule has 0 radical (unpaired) electrons. The summed E-state index contributed by atoms with van der Waals surface area (Å²) >= 11 is 5.80. The number of nitrogens with zero attached hydrogens (tertiary/aromatic N) is 5. The Kier molecular flexibility index (Phi) is 4.19. The molecule has 0 saturated carbocycles. The van der Waals surface area contributed by atoms with Gasteiger partial charge < -0.3 is 0 Å². The zero-order chi connectivity index (χ0) is 15.6. The Hall–Kier alpha value is -2.46. The fraction of sp³-hybridized carbons (Fsp3) is 0.308. The van der Waals surface area contributed by atoms with Gasteiger partial charge >= 0.3 is 0 Å². The summed E-state index contributed by atoms with van der Waals surface area (Å²) in [5.74, 6) is 0.289. The van der Waals surface area contributed by atoms with Crippen molar-refractivity contribution in [3.05, 3.63) is 44.7 Å². The Morgan fingerprint density at radius 1 is 1.52 bits per heavy atom. The molecule has 0 fully saturated rings. The van der Waals surface area contributed by atoms with Crippen LogP contribution in [0.5, 0.6) is 0 Å². The number of hydrogen-bond donors (Lipinski definition) is 0. The molecular weight excluding hydrogens is 294 g/mol. The van der Waals surface area contributed by atoms with E-state index in [4.69, 9.17) is 16.9 Å². The highest BCUT2D eigenvalue weighted by molar-refractivity contribution is 6.32.